The van der Waals surface area contributed by atoms with Crippen LogP contribution >= 0.6 is 15.9 Å². The zero-order chi connectivity index (χ0) is 15.8. The van der Waals surface area contributed by atoms with Gasteiger partial charge in [0.1, 0.15) is 5.60 Å². The highest BCUT2D eigenvalue weighted by molar-refractivity contribution is 9.10. The van der Waals surface area contributed by atoms with Gasteiger partial charge < -0.3 is 9.84 Å². The van der Waals surface area contributed by atoms with E-state index in [2.05, 4.69) is 15.9 Å². The molecule has 0 aliphatic carbocycles. The number of carboxylic acid groups (broad SMARTS) is 1. The topological polar surface area (TPSA) is 66.8 Å². The number of hydrogen-bond acceptors (Lipinski definition) is 3. The summed E-state index contributed by atoms with van der Waals surface area (Å²) in [5.74, 6) is -1.05. The van der Waals surface area contributed by atoms with Crippen molar-refractivity contribution in [3.63, 3.8) is 0 Å². The van der Waals surface area contributed by atoms with Crippen molar-refractivity contribution >= 4 is 28.0 Å². The summed E-state index contributed by atoms with van der Waals surface area (Å²) in [6, 6.07) is 4.43. The van der Waals surface area contributed by atoms with Crippen LogP contribution in [0.2, 0.25) is 0 Å². The highest BCUT2D eigenvalue weighted by Gasteiger charge is 2.38. The summed E-state index contributed by atoms with van der Waals surface area (Å²) in [7, 11) is 0. The molecule has 0 saturated heterocycles. The van der Waals surface area contributed by atoms with E-state index in [1.807, 2.05) is 6.07 Å². The third-order valence-corrected chi connectivity index (χ3v) is 3.69. The van der Waals surface area contributed by atoms with E-state index in [1.54, 1.807) is 32.9 Å². The Morgan fingerprint density at radius 3 is 2.62 bits per heavy atom. The minimum Gasteiger partial charge on any atom is -0.479 e. The lowest BCUT2D eigenvalue weighted by molar-refractivity contribution is -0.143. The maximum absolute atomic E-state index is 12.2. The van der Waals surface area contributed by atoms with Gasteiger partial charge in [0, 0.05) is 11.0 Å². The highest BCUT2D eigenvalue weighted by Crippen LogP contribution is 2.32. The Morgan fingerprint density at radius 1 is 1.38 bits per heavy atom. The molecule has 1 amide bonds. The Hall–Kier alpha value is -1.56. The second kappa shape index (κ2) is 5.67. The van der Waals surface area contributed by atoms with Crippen molar-refractivity contribution in [3.8, 4) is 0 Å². The maximum atomic E-state index is 12.2. The largest absolute Gasteiger partial charge is 0.479 e. The van der Waals surface area contributed by atoms with Crippen LogP contribution < -0.4 is 0 Å². The highest BCUT2D eigenvalue weighted by atomic mass is 79.9. The molecule has 21 heavy (non-hydrogen) atoms. The van der Waals surface area contributed by atoms with E-state index in [1.165, 1.54) is 4.90 Å². The molecule has 1 aliphatic rings. The van der Waals surface area contributed by atoms with Gasteiger partial charge in [-0.3, -0.25) is 4.90 Å². The van der Waals surface area contributed by atoms with Crippen molar-refractivity contribution in [2.45, 2.75) is 38.8 Å². The van der Waals surface area contributed by atoms with Crippen LogP contribution in [-0.4, -0.2) is 34.2 Å². The zero-order valence-electron chi connectivity index (χ0n) is 12.2. The Balaban J connectivity index is 2.35. The minimum absolute atomic E-state index is 0.329. The first-order chi connectivity index (χ1) is 9.69. The third-order valence-electron chi connectivity index (χ3n) is 3.20. The minimum atomic E-state index is -1.05. The van der Waals surface area contributed by atoms with Crippen molar-refractivity contribution in [2.24, 2.45) is 0 Å². The van der Waals surface area contributed by atoms with Crippen LogP contribution in [0.15, 0.2) is 22.7 Å². The lowest BCUT2D eigenvalue weighted by Gasteiger charge is -2.35. The Bertz CT molecular complexity index is 580. The molecule has 1 N–H and O–H groups in total. The summed E-state index contributed by atoms with van der Waals surface area (Å²) in [6.45, 7) is 5.61. The molecular formula is C15H18BrNO4. The number of carbonyl (C=O) groups is 2. The second-order valence-electron chi connectivity index (χ2n) is 6.01. The van der Waals surface area contributed by atoms with Crippen LogP contribution in [0, 0.1) is 0 Å². The van der Waals surface area contributed by atoms with E-state index >= 15 is 0 Å². The fourth-order valence-corrected chi connectivity index (χ4v) is 2.79. The lowest BCUT2D eigenvalue weighted by Crippen LogP contribution is -2.45. The van der Waals surface area contributed by atoms with Crippen molar-refractivity contribution in [2.75, 3.05) is 6.54 Å². The van der Waals surface area contributed by atoms with Gasteiger partial charge in [0.05, 0.1) is 0 Å². The molecule has 0 bridgehead atoms. The first-order valence-electron chi connectivity index (χ1n) is 6.70. The Morgan fingerprint density at radius 2 is 2.05 bits per heavy atom. The molecule has 1 aromatic carbocycles. The fourth-order valence-electron chi connectivity index (χ4n) is 2.38. The molecule has 1 aliphatic heterocycles. The molecular weight excluding hydrogens is 338 g/mol. The number of carbonyl (C=O) groups excluding carboxylic acids is 1. The van der Waals surface area contributed by atoms with Gasteiger partial charge in [-0.25, -0.2) is 9.59 Å². The van der Waals surface area contributed by atoms with Gasteiger partial charge in [-0.2, -0.15) is 0 Å². The maximum Gasteiger partial charge on any atom is 0.411 e. The van der Waals surface area contributed by atoms with Gasteiger partial charge in [0.2, 0.25) is 0 Å². The number of halogens is 1. The van der Waals surface area contributed by atoms with Crippen LogP contribution in [0.1, 0.15) is 37.9 Å². The number of fused-ring (bicyclic) bond motifs is 1. The number of carboxylic acids is 1. The van der Waals surface area contributed by atoms with Crippen LogP contribution in [0.25, 0.3) is 0 Å². The SMILES string of the molecule is CC(C)(C)OC(=O)N1CCc2cc(Br)ccc2C1C(=O)O. The normalized spacial score (nSPS) is 18.1. The molecule has 1 atom stereocenters. The van der Waals surface area contributed by atoms with E-state index in [0.717, 1.165) is 10.0 Å². The number of nitrogens with zero attached hydrogens (tertiary/aromatic N) is 1. The molecule has 0 aromatic heterocycles. The summed E-state index contributed by atoms with van der Waals surface area (Å²) in [5, 5.41) is 9.51. The Labute approximate surface area is 132 Å². The number of ether oxygens (including phenoxy) is 1. The molecule has 0 radical (unpaired) electrons. The predicted octanol–water partition coefficient (Wildman–Crippen LogP) is 3.37. The summed E-state index contributed by atoms with van der Waals surface area (Å²) in [5.41, 5.74) is 0.930. The van der Waals surface area contributed by atoms with E-state index in [-0.39, 0.29) is 0 Å². The fraction of sp³-hybridized carbons (Fsp3) is 0.467. The van der Waals surface area contributed by atoms with Crippen molar-refractivity contribution in [1.29, 1.82) is 0 Å². The standard InChI is InChI=1S/C15H18BrNO4/c1-15(2,3)21-14(20)17-7-6-9-8-10(16)4-5-11(9)12(17)13(18)19/h4-5,8,12H,6-7H2,1-3H3,(H,18,19). The number of rotatable bonds is 1. The second-order valence-corrected chi connectivity index (χ2v) is 6.92. The quantitative estimate of drug-likeness (QED) is 0.838. The monoisotopic (exact) mass is 355 g/mol. The summed E-state index contributed by atoms with van der Waals surface area (Å²) in [4.78, 5) is 25.1. The molecule has 6 heteroatoms. The zero-order valence-corrected chi connectivity index (χ0v) is 13.8. The molecule has 0 fully saturated rings. The van der Waals surface area contributed by atoms with Crippen molar-refractivity contribution in [1.82, 2.24) is 4.90 Å². The van der Waals surface area contributed by atoms with E-state index < -0.39 is 23.7 Å². The van der Waals surface area contributed by atoms with Gasteiger partial charge in [-0.05, 0) is 50.5 Å². The number of aliphatic carboxylic acids is 1. The van der Waals surface area contributed by atoms with Crippen LogP contribution in [0.4, 0.5) is 4.79 Å². The lowest BCUT2D eigenvalue weighted by atomic mass is 9.93. The molecule has 1 heterocycles. The predicted molar refractivity (Wildman–Crippen MR) is 81.2 cm³/mol. The van der Waals surface area contributed by atoms with E-state index in [0.29, 0.717) is 18.5 Å². The molecule has 0 saturated carbocycles. The van der Waals surface area contributed by atoms with Crippen molar-refractivity contribution < 1.29 is 19.4 Å². The van der Waals surface area contributed by atoms with E-state index in [9.17, 15) is 14.7 Å². The van der Waals surface area contributed by atoms with Crippen LogP contribution in [-0.2, 0) is 16.0 Å². The van der Waals surface area contributed by atoms with Crippen LogP contribution in [0.5, 0.6) is 0 Å². The van der Waals surface area contributed by atoms with Gasteiger partial charge in [-0.15, -0.1) is 0 Å². The smallest absolute Gasteiger partial charge is 0.411 e. The van der Waals surface area contributed by atoms with E-state index in [4.69, 9.17) is 4.74 Å². The molecule has 1 aromatic rings. The van der Waals surface area contributed by atoms with Crippen molar-refractivity contribution in [3.05, 3.63) is 33.8 Å². The number of hydrogen-bond donors (Lipinski definition) is 1. The average molecular weight is 356 g/mol. The summed E-state index contributed by atoms with van der Waals surface area (Å²) >= 11 is 3.38. The molecule has 114 valence electrons. The number of amides is 1. The summed E-state index contributed by atoms with van der Waals surface area (Å²) in [6.07, 6.45) is 0.0149. The molecule has 0 spiro atoms. The average Bonchev–Trinajstić information content (AvgIpc) is 2.34. The third kappa shape index (κ3) is 3.56. The molecule has 5 nitrogen and oxygen atoms in total. The first kappa shape index (κ1) is 15.8. The molecule has 2 rings (SSSR count). The van der Waals surface area contributed by atoms with Gasteiger partial charge in [-0.1, -0.05) is 22.0 Å². The first-order valence-corrected chi connectivity index (χ1v) is 7.49. The van der Waals surface area contributed by atoms with Gasteiger partial charge in [0.25, 0.3) is 0 Å². The summed E-state index contributed by atoms with van der Waals surface area (Å²) < 4.78 is 6.21. The number of benzene rings is 1. The van der Waals surface area contributed by atoms with Gasteiger partial charge >= 0.3 is 12.1 Å². The van der Waals surface area contributed by atoms with Crippen LogP contribution in [0.3, 0.4) is 0 Å². The Kier molecular flexibility index (Phi) is 4.27. The van der Waals surface area contributed by atoms with Gasteiger partial charge in [0.15, 0.2) is 6.04 Å². The molecule has 1 unspecified atom stereocenters.